The van der Waals surface area contributed by atoms with Crippen molar-refractivity contribution in [3.05, 3.63) is 11.7 Å². The zero-order valence-corrected chi connectivity index (χ0v) is 14.0. The Kier molecular flexibility index (Phi) is 5.47. The highest BCUT2D eigenvalue weighted by molar-refractivity contribution is 4.91. The third kappa shape index (κ3) is 4.29. The molecule has 1 aromatic heterocycles. The van der Waals surface area contributed by atoms with Crippen molar-refractivity contribution in [2.24, 2.45) is 5.92 Å². The summed E-state index contributed by atoms with van der Waals surface area (Å²) in [6, 6.07) is 0. The summed E-state index contributed by atoms with van der Waals surface area (Å²) < 4.78 is 11.4. The van der Waals surface area contributed by atoms with E-state index in [1.165, 1.54) is 25.7 Å². The van der Waals surface area contributed by atoms with Crippen LogP contribution in [0.1, 0.15) is 70.0 Å². The van der Waals surface area contributed by atoms with Crippen LogP contribution in [-0.4, -0.2) is 40.8 Å². The van der Waals surface area contributed by atoms with Gasteiger partial charge >= 0.3 is 0 Å². The molecule has 0 N–H and O–H groups in total. The molecule has 0 aromatic carbocycles. The van der Waals surface area contributed by atoms with Gasteiger partial charge in [-0.25, -0.2) is 0 Å². The first kappa shape index (κ1) is 15.9. The van der Waals surface area contributed by atoms with Crippen LogP contribution < -0.4 is 0 Å². The van der Waals surface area contributed by atoms with Gasteiger partial charge in [0.25, 0.3) is 0 Å². The summed E-state index contributed by atoms with van der Waals surface area (Å²) in [5, 5.41) is 4.08. The molecule has 0 radical (unpaired) electrons. The number of rotatable bonds is 6. The van der Waals surface area contributed by atoms with Gasteiger partial charge in [0.1, 0.15) is 0 Å². The highest BCUT2D eigenvalue weighted by Crippen LogP contribution is 2.26. The summed E-state index contributed by atoms with van der Waals surface area (Å²) in [4.78, 5) is 6.87. The minimum atomic E-state index is 0.302. The second-order valence-corrected chi connectivity index (χ2v) is 7.16. The molecule has 0 unspecified atom stereocenters. The first-order valence-corrected chi connectivity index (χ1v) is 8.87. The Hall–Kier alpha value is -0.940. The molecule has 124 valence electrons. The number of ether oxygens (including phenoxy) is 1. The Morgan fingerprint density at radius 1 is 1.18 bits per heavy atom. The highest BCUT2D eigenvalue weighted by atomic mass is 16.5. The van der Waals surface area contributed by atoms with Crippen molar-refractivity contribution in [1.29, 1.82) is 0 Å². The predicted molar refractivity (Wildman–Crippen MR) is 84.6 cm³/mol. The van der Waals surface area contributed by atoms with Gasteiger partial charge in [-0.05, 0) is 31.6 Å². The van der Waals surface area contributed by atoms with E-state index >= 15 is 0 Å². The van der Waals surface area contributed by atoms with Crippen molar-refractivity contribution in [2.45, 2.75) is 70.9 Å². The number of nitrogens with zero attached hydrogens (tertiary/aromatic N) is 3. The maximum atomic E-state index is 6.12. The van der Waals surface area contributed by atoms with Gasteiger partial charge in [0.2, 0.25) is 5.89 Å². The van der Waals surface area contributed by atoms with Crippen LogP contribution in [0.3, 0.4) is 0 Å². The minimum absolute atomic E-state index is 0.302. The Balaban J connectivity index is 1.37. The third-order valence-corrected chi connectivity index (χ3v) is 4.92. The third-order valence-electron chi connectivity index (χ3n) is 4.92. The number of piperidine rings is 1. The predicted octanol–water partition coefficient (Wildman–Crippen LogP) is 3.36. The van der Waals surface area contributed by atoms with Crippen LogP contribution in [0.25, 0.3) is 0 Å². The maximum absolute atomic E-state index is 6.12. The lowest BCUT2D eigenvalue weighted by Crippen LogP contribution is -2.37. The van der Waals surface area contributed by atoms with Gasteiger partial charge in [0.15, 0.2) is 5.82 Å². The smallest absolute Gasteiger partial charge is 0.229 e. The SMILES string of the molecule is CC(C)c1nc(CN2CCC(OCC3CCCC3)CC2)no1. The molecule has 5 nitrogen and oxygen atoms in total. The largest absolute Gasteiger partial charge is 0.378 e. The summed E-state index contributed by atoms with van der Waals surface area (Å²) >= 11 is 0. The summed E-state index contributed by atoms with van der Waals surface area (Å²) in [6.45, 7) is 8.07. The normalized spacial score (nSPS) is 22.0. The van der Waals surface area contributed by atoms with E-state index in [0.717, 1.165) is 56.7 Å². The number of hydrogen-bond acceptors (Lipinski definition) is 5. The molecular formula is C17H29N3O2. The Morgan fingerprint density at radius 2 is 1.91 bits per heavy atom. The van der Waals surface area contributed by atoms with E-state index in [1.807, 2.05) is 0 Å². The summed E-state index contributed by atoms with van der Waals surface area (Å²) in [5.74, 6) is 2.68. The molecule has 1 saturated carbocycles. The van der Waals surface area contributed by atoms with Crippen LogP contribution in [0.2, 0.25) is 0 Å². The quantitative estimate of drug-likeness (QED) is 0.806. The van der Waals surface area contributed by atoms with Crippen molar-refractivity contribution in [3.63, 3.8) is 0 Å². The fourth-order valence-electron chi connectivity index (χ4n) is 3.45. The molecular weight excluding hydrogens is 278 g/mol. The summed E-state index contributed by atoms with van der Waals surface area (Å²) in [7, 11) is 0. The molecule has 1 aromatic rings. The summed E-state index contributed by atoms with van der Waals surface area (Å²) in [6.07, 6.45) is 8.24. The molecule has 3 rings (SSSR count). The zero-order valence-electron chi connectivity index (χ0n) is 14.0. The van der Waals surface area contributed by atoms with E-state index in [9.17, 15) is 0 Å². The second-order valence-electron chi connectivity index (χ2n) is 7.16. The van der Waals surface area contributed by atoms with Crippen LogP contribution in [0.5, 0.6) is 0 Å². The molecule has 2 aliphatic rings. The van der Waals surface area contributed by atoms with Crippen molar-refractivity contribution in [3.8, 4) is 0 Å². The van der Waals surface area contributed by atoms with Gasteiger partial charge in [-0.2, -0.15) is 4.98 Å². The topological polar surface area (TPSA) is 51.4 Å². The highest BCUT2D eigenvalue weighted by Gasteiger charge is 2.23. The average Bonchev–Trinajstić information content (AvgIpc) is 3.18. The lowest BCUT2D eigenvalue weighted by Gasteiger charge is -2.31. The van der Waals surface area contributed by atoms with Gasteiger partial charge in [0.05, 0.1) is 12.6 Å². The van der Waals surface area contributed by atoms with E-state index in [2.05, 4.69) is 28.9 Å². The number of likely N-dealkylation sites (tertiary alicyclic amines) is 1. The lowest BCUT2D eigenvalue weighted by atomic mass is 10.1. The van der Waals surface area contributed by atoms with Crippen LogP contribution >= 0.6 is 0 Å². The Labute approximate surface area is 133 Å². The molecule has 1 saturated heterocycles. The molecule has 22 heavy (non-hydrogen) atoms. The Bertz CT molecular complexity index is 447. The van der Waals surface area contributed by atoms with Crippen molar-refractivity contribution in [2.75, 3.05) is 19.7 Å². The van der Waals surface area contributed by atoms with Crippen molar-refractivity contribution >= 4 is 0 Å². The lowest BCUT2D eigenvalue weighted by molar-refractivity contribution is -0.0101. The summed E-state index contributed by atoms with van der Waals surface area (Å²) in [5.41, 5.74) is 0. The zero-order chi connectivity index (χ0) is 15.4. The van der Waals surface area contributed by atoms with E-state index in [-0.39, 0.29) is 0 Å². The van der Waals surface area contributed by atoms with Crippen LogP contribution in [0, 0.1) is 5.92 Å². The first-order chi connectivity index (χ1) is 10.7. The van der Waals surface area contributed by atoms with E-state index < -0.39 is 0 Å². The minimum Gasteiger partial charge on any atom is -0.378 e. The van der Waals surface area contributed by atoms with Gasteiger partial charge in [-0.15, -0.1) is 0 Å². The molecule has 0 amide bonds. The van der Waals surface area contributed by atoms with Gasteiger partial charge in [0, 0.05) is 25.6 Å². The van der Waals surface area contributed by atoms with Crippen molar-refractivity contribution in [1.82, 2.24) is 15.0 Å². The second kappa shape index (κ2) is 7.55. The monoisotopic (exact) mass is 307 g/mol. The molecule has 1 aliphatic carbocycles. The first-order valence-electron chi connectivity index (χ1n) is 8.87. The van der Waals surface area contributed by atoms with Gasteiger partial charge < -0.3 is 9.26 Å². The molecule has 2 fully saturated rings. The average molecular weight is 307 g/mol. The standard InChI is InChI=1S/C17H29N3O2/c1-13(2)17-18-16(19-22-17)11-20-9-7-15(8-10-20)21-12-14-5-3-4-6-14/h13-15H,3-12H2,1-2H3. The van der Waals surface area contributed by atoms with Crippen LogP contribution in [-0.2, 0) is 11.3 Å². The number of hydrogen-bond donors (Lipinski definition) is 0. The molecule has 1 aliphatic heterocycles. The van der Waals surface area contributed by atoms with Crippen LogP contribution in [0.15, 0.2) is 4.52 Å². The number of aromatic nitrogens is 2. The van der Waals surface area contributed by atoms with Crippen molar-refractivity contribution < 1.29 is 9.26 Å². The fraction of sp³-hybridized carbons (Fsp3) is 0.882. The molecule has 0 spiro atoms. The molecule has 0 atom stereocenters. The van der Waals surface area contributed by atoms with E-state index in [0.29, 0.717) is 12.0 Å². The van der Waals surface area contributed by atoms with Gasteiger partial charge in [-0.3, -0.25) is 4.90 Å². The van der Waals surface area contributed by atoms with E-state index in [4.69, 9.17) is 9.26 Å². The van der Waals surface area contributed by atoms with E-state index in [1.54, 1.807) is 0 Å². The Morgan fingerprint density at radius 3 is 2.55 bits per heavy atom. The molecule has 2 heterocycles. The molecule has 0 bridgehead atoms. The molecule has 5 heteroatoms. The van der Waals surface area contributed by atoms with Gasteiger partial charge in [-0.1, -0.05) is 31.8 Å². The van der Waals surface area contributed by atoms with Crippen LogP contribution in [0.4, 0.5) is 0 Å². The fourth-order valence-corrected chi connectivity index (χ4v) is 3.45. The maximum Gasteiger partial charge on any atom is 0.229 e.